The lowest BCUT2D eigenvalue weighted by Gasteiger charge is -2.08. The van der Waals surface area contributed by atoms with Gasteiger partial charge in [-0.25, -0.2) is 4.52 Å². The van der Waals surface area contributed by atoms with E-state index in [1.54, 1.807) is 11.6 Å². The highest BCUT2D eigenvalue weighted by Crippen LogP contribution is 2.31. The quantitative estimate of drug-likeness (QED) is 0.462. The lowest BCUT2D eigenvalue weighted by Crippen LogP contribution is -2.25. The molecule has 0 atom stereocenters. The van der Waals surface area contributed by atoms with Gasteiger partial charge in [0.15, 0.2) is 0 Å². The molecule has 30 heavy (non-hydrogen) atoms. The second-order valence-corrected chi connectivity index (χ2v) is 7.27. The average Bonchev–Trinajstić information content (AvgIpc) is 3.31. The van der Waals surface area contributed by atoms with Crippen molar-refractivity contribution < 1.29 is 9.53 Å². The van der Waals surface area contributed by atoms with Gasteiger partial charge in [-0.3, -0.25) is 4.79 Å². The summed E-state index contributed by atoms with van der Waals surface area (Å²) in [6.45, 7) is 2.76. The van der Waals surface area contributed by atoms with Gasteiger partial charge in [-0.15, -0.1) is 0 Å². The van der Waals surface area contributed by atoms with E-state index < -0.39 is 0 Å². The van der Waals surface area contributed by atoms with Crippen LogP contribution in [0, 0.1) is 0 Å². The van der Waals surface area contributed by atoms with Gasteiger partial charge in [-0.05, 0) is 30.7 Å². The maximum Gasteiger partial charge on any atom is 0.257 e. The number of methoxy groups -OCH3 is 1. The summed E-state index contributed by atoms with van der Waals surface area (Å²) in [5.41, 5.74) is 4.99. The molecule has 0 saturated carbocycles. The van der Waals surface area contributed by atoms with Crippen LogP contribution in [0.15, 0.2) is 60.8 Å². The molecule has 0 unspecified atom stereocenters. The Morgan fingerprint density at radius 2 is 1.80 bits per heavy atom. The lowest BCUT2D eigenvalue weighted by atomic mass is 10.1. The van der Waals surface area contributed by atoms with E-state index in [-0.39, 0.29) is 5.91 Å². The Morgan fingerprint density at radius 1 is 1.07 bits per heavy atom. The van der Waals surface area contributed by atoms with E-state index >= 15 is 0 Å². The summed E-state index contributed by atoms with van der Waals surface area (Å²) >= 11 is 0. The van der Waals surface area contributed by atoms with E-state index in [1.807, 2.05) is 72.4 Å². The van der Waals surface area contributed by atoms with Crippen molar-refractivity contribution in [1.29, 1.82) is 0 Å². The minimum Gasteiger partial charge on any atom is -0.497 e. The van der Waals surface area contributed by atoms with Crippen molar-refractivity contribution in [3.63, 3.8) is 0 Å². The second-order valence-electron chi connectivity index (χ2n) is 7.27. The number of imidazole rings is 1. The standard InChI is InChI=1S/C24H26N4O2/c1-4-5-15-25-23(29)21-22(18-9-7-6-8-10-18)26-28-16-20(27(2)24(21)28)17-11-13-19(30-3)14-12-17/h6-14,16H,4-5,15H2,1-3H3,(H,25,29). The molecule has 2 aromatic heterocycles. The number of hydrogen-bond acceptors (Lipinski definition) is 3. The third-order valence-electron chi connectivity index (χ3n) is 5.28. The van der Waals surface area contributed by atoms with Gasteiger partial charge in [-0.2, -0.15) is 5.10 Å². The molecule has 0 aliphatic rings. The number of nitrogens with zero attached hydrogens (tertiary/aromatic N) is 3. The van der Waals surface area contributed by atoms with Crippen LogP contribution in [-0.4, -0.2) is 33.7 Å². The number of carbonyl (C=O) groups is 1. The Morgan fingerprint density at radius 3 is 2.47 bits per heavy atom. The Balaban J connectivity index is 1.84. The van der Waals surface area contributed by atoms with E-state index in [4.69, 9.17) is 9.84 Å². The van der Waals surface area contributed by atoms with Crippen molar-refractivity contribution >= 4 is 11.6 Å². The number of aromatic nitrogens is 3. The molecule has 0 aliphatic heterocycles. The molecule has 1 N–H and O–H groups in total. The predicted octanol–water partition coefficient (Wildman–Crippen LogP) is 4.55. The van der Waals surface area contributed by atoms with Gasteiger partial charge in [0, 0.05) is 24.7 Å². The summed E-state index contributed by atoms with van der Waals surface area (Å²) in [5.74, 6) is 0.708. The molecular formula is C24H26N4O2. The molecule has 4 rings (SSSR count). The highest BCUT2D eigenvalue weighted by Gasteiger charge is 2.24. The largest absolute Gasteiger partial charge is 0.497 e. The van der Waals surface area contributed by atoms with Crippen molar-refractivity contribution in [2.75, 3.05) is 13.7 Å². The van der Waals surface area contributed by atoms with Crippen molar-refractivity contribution in [2.45, 2.75) is 19.8 Å². The van der Waals surface area contributed by atoms with Gasteiger partial charge in [0.1, 0.15) is 22.7 Å². The minimum atomic E-state index is -0.0974. The Labute approximate surface area is 176 Å². The maximum atomic E-state index is 13.2. The Bertz CT molecular complexity index is 1160. The predicted molar refractivity (Wildman–Crippen MR) is 119 cm³/mol. The van der Waals surface area contributed by atoms with Crippen molar-refractivity contribution in [1.82, 2.24) is 19.5 Å². The number of rotatable bonds is 7. The van der Waals surface area contributed by atoms with Crippen molar-refractivity contribution in [3.8, 4) is 28.3 Å². The van der Waals surface area contributed by atoms with Crippen molar-refractivity contribution in [2.24, 2.45) is 7.05 Å². The molecule has 4 aromatic rings. The highest BCUT2D eigenvalue weighted by molar-refractivity contribution is 6.06. The molecule has 0 bridgehead atoms. The topological polar surface area (TPSA) is 60.6 Å². The second kappa shape index (κ2) is 8.45. The monoisotopic (exact) mass is 402 g/mol. The lowest BCUT2D eigenvalue weighted by molar-refractivity contribution is 0.0955. The number of unbranched alkanes of at least 4 members (excludes halogenated alkanes) is 1. The number of nitrogens with one attached hydrogen (secondary N) is 1. The first-order valence-corrected chi connectivity index (χ1v) is 10.2. The van der Waals surface area contributed by atoms with Crippen LogP contribution >= 0.6 is 0 Å². The molecular weight excluding hydrogens is 376 g/mol. The summed E-state index contributed by atoms with van der Waals surface area (Å²) < 4.78 is 9.09. The zero-order chi connectivity index (χ0) is 21.1. The van der Waals surface area contributed by atoms with Gasteiger partial charge in [-0.1, -0.05) is 43.7 Å². The van der Waals surface area contributed by atoms with E-state index in [0.717, 1.165) is 41.1 Å². The van der Waals surface area contributed by atoms with Gasteiger partial charge in [0.2, 0.25) is 0 Å². The first-order valence-electron chi connectivity index (χ1n) is 10.2. The summed E-state index contributed by atoms with van der Waals surface area (Å²) in [7, 11) is 3.62. The Hall–Kier alpha value is -3.54. The maximum absolute atomic E-state index is 13.2. The zero-order valence-electron chi connectivity index (χ0n) is 17.6. The number of hydrogen-bond donors (Lipinski definition) is 1. The first kappa shape index (κ1) is 19.8. The van der Waals surface area contributed by atoms with Gasteiger partial charge in [0.25, 0.3) is 5.91 Å². The normalized spacial score (nSPS) is 11.0. The fourth-order valence-corrected chi connectivity index (χ4v) is 3.66. The van der Waals surface area contributed by atoms with Crippen LogP contribution in [0.2, 0.25) is 0 Å². The fraction of sp³-hybridized carbons (Fsp3) is 0.250. The molecule has 0 aliphatic carbocycles. The van der Waals surface area contributed by atoms with Gasteiger partial charge >= 0.3 is 0 Å². The van der Waals surface area contributed by atoms with Crippen LogP contribution < -0.4 is 10.1 Å². The van der Waals surface area contributed by atoms with Crippen LogP contribution in [0.4, 0.5) is 0 Å². The molecule has 154 valence electrons. The average molecular weight is 402 g/mol. The molecule has 2 aromatic carbocycles. The molecule has 2 heterocycles. The molecule has 6 nitrogen and oxygen atoms in total. The first-order chi connectivity index (χ1) is 14.6. The molecule has 6 heteroatoms. The third kappa shape index (κ3) is 3.56. The number of benzene rings is 2. The van der Waals surface area contributed by atoms with E-state index in [9.17, 15) is 4.79 Å². The number of carbonyl (C=O) groups excluding carboxylic acids is 1. The van der Waals surface area contributed by atoms with Gasteiger partial charge in [0.05, 0.1) is 19.0 Å². The van der Waals surface area contributed by atoms with Crippen LogP contribution in [-0.2, 0) is 7.05 Å². The van der Waals surface area contributed by atoms with E-state index in [1.165, 1.54) is 0 Å². The summed E-state index contributed by atoms with van der Waals surface area (Å²) in [6, 6.07) is 17.7. The van der Waals surface area contributed by atoms with E-state index in [0.29, 0.717) is 17.8 Å². The Kier molecular flexibility index (Phi) is 5.57. The molecule has 0 radical (unpaired) electrons. The van der Waals surface area contributed by atoms with Crippen LogP contribution in [0.5, 0.6) is 5.75 Å². The smallest absolute Gasteiger partial charge is 0.257 e. The highest BCUT2D eigenvalue weighted by atomic mass is 16.5. The van der Waals surface area contributed by atoms with Crippen LogP contribution in [0.1, 0.15) is 30.1 Å². The number of ether oxygens (including phenoxy) is 1. The summed E-state index contributed by atoms with van der Waals surface area (Å²) in [5, 5.41) is 7.84. The molecule has 1 amide bonds. The molecule has 0 fully saturated rings. The minimum absolute atomic E-state index is 0.0974. The molecule has 0 spiro atoms. The van der Waals surface area contributed by atoms with Crippen LogP contribution in [0.3, 0.4) is 0 Å². The zero-order valence-corrected chi connectivity index (χ0v) is 17.6. The molecule has 0 saturated heterocycles. The fourth-order valence-electron chi connectivity index (χ4n) is 3.66. The number of fused-ring (bicyclic) bond motifs is 1. The van der Waals surface area contributed by atoms with Gasteiger partial charge < -0.3 is 14.6 Å². The van der Waals surface area contributed by atoms with Crippen LogP contribution in [0.25, 0.3) is 28.2 Å². The van der Waals surface area contributed by atoms with E-state index in [2.05, 4.69) is 12.2 Å². The SMILES string of the molecule is CCCCNC(=O)c1c(-c2ccccc2)nn2cc(-c3ccc(OC)cc3)n(C)c12. The third-order valence-corrected chi connectivity index (χ3v) is 5.28. The summed E-state index contributed by atoms with van der Waals surface area (Å²) in [4.78, 5) is 13.2. The number of amides is 1. The van der Waals surface area contributed by atoms with Crippen molar-refractivity contribution in [3.05, 3.63) is 66.4 Å². The summed E-state index contributed by atoms with van der Waals surface area (Å²) in [6.07, 6.45) is 3.94. The number of aryl methyl sites for hydroxylation is 1.